The second-order valence-electron chi connectivity index (χ2n) is 5.68. The highest BCUT2D eigenvalue weighted by molar-refractivity contribution is 7.99. The lowest BCUT2D eigenvalue weighted by Gasteiger charge is -2.16. The van der Waals surface area contributed by atoms with Gasteiger partial charge in [0.05, 0.1) is 12.0 Å². The summed E-state index contributed by atoms with van der Waals surface area (Å²) in [5, 5.41) is 12.2. The standard InChI is InChI=1S/C19H21NO4S/c1-2-23-17-10-14(18-20-15(12-25-18)19(21)22)8-9-16(17)24-11-13-6-4-3-5-7-13/h3-10,15,18,20H,2,11-12H2,1H3,(H,21,22)/t15-,18-/m1/s1. The van der Waals surface area contributed by atoms with Crippen molar-refractivity contribution in [2.45, 2.75) is 24.9 Å². The third-order valence-electron chi connectivity index (χ3n) is 3.89. The van der Waals surface area contributed by atoms with E-state index in [9.17, 15) is 4.79 Å². The van der Waals surface area contributed by atoms with E-state index in [1.807, 2.05) is 55.5 Å². The average Bonchev–Trinajstić information content (AvgIpc) is 3.12. The van der Waals surface area contributed by atoms with Crippen LogP contribution in [0.15, 0.2) is 48.5 Å². The fourth-order valence-corrected chi connectivity index (χ4v) is 3.84. The predicted molar refractivity (Wildman–Crippen MR) is 98.1 cm³/mol. The highest BCUT2D eigenvalue weighted by Crippen LogP contribution is 2.37. The van der Waals surface area contributed by atoms with E-state index in [1.54, 1.807) is 11.8 Å². The summed E-state index contributed by atoms with van der Waals surface area (Å²) in [4.78, 5) is 11.1. The molecule has 3 rings (SSSR count). The van der Waals surface area contributed by atoms with E-state index >= 15 is 0 Å². The molecule has 1 saturated heterocycles. The Bertz CT molecular complexity index is 723. The summed E-state index contributed by atoms with van der Waals surface area (Å²) in [5.41, 5.74) is 2.08. The molecule has 0 bridgehead atoms. The van der Waals surface area contributed by atoms with Crippen LogP contribution >= 0.6 is 11.8 Å². The molecule has 0 unspecified atom stereocenters. The number of rotatable bonds is 7. The quantitative estimate of drug-likeness (QED) is 0.789. The minimum absolute atomic E-state index is 0.0523. The third kappa shape index (κ3) is 4.46. The van der Waals surface area contributed by atoms with E-state index in [0.717, 1.165) is 11.1 Å². The first-order valence-electron chi connectivity index (χ1n) is 8.21. The van der Waals surface area contributed by atoms with E-state index in [0.29, 0.717) is 30.5 Å². The van der Waals surface area contributed by atoms with Crippen LogP contribution in [0.5, 0.6) is 11.5 Å². The molecule has 6 heteroatoms. The normalized spacial score (nSPS) is 19.6. The van der Waals surface area contributed by atoms with Crippen molar-refractivity contribution in [1.82, 2.24) is 5.32 Å². The van der Waals surface area contributed by atoms with Crippen molar-refractivity contribution in [1.29, 1.82) is 0 Å². The van der Waals surface area contributed by atoms with Gasteiger partial charge in [0.1, 0.15) is 12.6 Å². The lowest BCUT2D eigenvalue weighted by molar-refractivity contribution is -0.138. The molecule has 2 aromatic carbocycles. The number of hydrogen-bond donors (Lipinski definition) is 2. The van der Waals surface area contributed by atoms with Crippen LogP contribution < -0.4 is 14.8 Å². The molecule has 1 heterocycles. The minimum atomic E-state index is -0.817. The zero-order valence-electron chi connectivity index (χ0n) is 14.0. The maximum Gasteiger partial charge on any atom is 0.321 e. The summed E-state index contributed by atoms with van der Waals surface area (Å²) >= 11 is 1.59. The molecule has 5 nitrogen and oxygen atoms in total. The van der Waals surface area contributed by atoms with E-state index in [2.05, 4.69) is 5.32 Å². The Morgan fingerprint density at radius 3 is 2.68 bits per heavy atom. The molecule has 132 valence electrons. The molecule has 2 aromatic rings. The van der Waals surface area contributed by atoms with Gasteiger partial charge in [-0.3, -0.25) is 10.1 Å². The number of nitrogens with one attached hydrogen (secondary N) is 1. The van der Waals surface area contributed by atoms with E-state index in [4.69, 9.17) is 14.6 Å². The molecule has 0 saturated carbocycles. The monoisotopic (exact) mass is 359 g/mol. The molecule has 1 aliphatic rings. The molecule has 1 fully saturated rings. The van der Waals surface area contributed by atoms with Crippen molar-refractivity contribution in [3.05, 3.63) is 59.7 Å². The number of carboxylic acids is 1. The van der Waals surface area contributed by atoms with Crippen LogP contribution in [0.4, 0.5) is 0 Å². The van der Waals surface area contributed by atoms with Crippen molar-refractivity contribution in [3.63, 3.8) is 0 Å². The van der Waals surface area contributed by atoms with Crippen molar-refractivity contribution in [2.24, 2.45) is 0 Å². The molecule has 2 N–H and O–H groups in total. The molecule has 0 spiro atoms. The van der Waals surface area contributed by atoms with Crippen LogP contribution in [0.1, 0.15) is 23.4 Å². The van der Waals surface area contributed by atoms with Gasteiger partial charge in [0, 0.05) is 5.75 Å². The Labute approximate surface area is 151 Å². The number of hydrogen-bond acceptors (Lipinski definition) is 5. The van der Waals surface area contributed by atoms with Crippen LogP contribution in [-0.2, 0) is 11.4 Å². The summed E-state index contributed by atoms with van der Waals surface area (Å²) < 4.78 is 11.6. The Morgan fingerprint density at radius 2 is 2.00 bits per heavy atom. The number of thioether (sulfide) groups is 1. The molecule has 25 heavy (non-hydrogen) atoms. The van der Waals surface area contributed by atoms with Crippen molar-refractivity contribution in [3.8, 4) is 11.5 Å². The Hall–Kier alpha value is -2.18. The van der Waals surface area contributed by atoms with Gasteiger partial charge in [-0.15, -0.1) is 11.8 Å². The van der Waals surface area contributed by atoms with Gasteiger partial charge in [0.2, 0.25) is 0 Å². The lowest BCUT2D eigenvalue weighted by atomic mass is 10.2. The fraction of sp³-hybridized carbons (Fsp3) is 0.316. The minimum Gasteiger partial charge on any atom is -0.490 e. The van der Waals surface area contributed by atoms with Gasteiger partial charge < -0.3 is 14.6 Å². The van der Waals surface area contributed by atoms with Gasteiger partial charge in [0.25, 0.3) is 0 Å². The second-order valence-corrected chi connectivity index (χ2v) is 6.82. The van der Waals surface area contributed by atoms with Crippen LogP contribution in [0.2, 0.25) is 0 Å². The molecule has 0 radical (unpaired) electrons. The largest absolute Gasteiger partial charge is 0.490 e. The van der Waals surface area contributed by atoms with Crippen LogP contribution in [0.25, 0.3) is 0 Å². The summed E-state index contributed by atoms with van der Waals surface area (Å²) in [6, 6.07) is 15.2. The van der Waals surface area contributed by atoms with Crippen molar-refractivity contribution < 1.29 is 19.4 Å². The second kappa shape index (κ2) is 8.27. The van der Waals surface area contributed by atoms with Crippen molar-refractivity contribution in [2.75, 3.05) is 12.4 Å². The van der Waals surface area contributed by atoms with Crippen LogP contribution in [-0.4, -0.2) is 29.5 Å². The SMILES string of the molecule is CCOc1cc([C@@H]2N[C@@H](C(=O)O)CS2)ccc1OCc1ccccc1. The summed E-state index contributed by atoms with van der Waals surface area (Å²) in [6.07, 6.45) is 0. The Kier molecular flexibility index (Phi) is 5.83. The number of carboxylic acid groups (broad SMARTS) is 1. The molecule has 1 aliphatic heterocycles. The molecule has 2 atom stereocenters. The topological polar surface area (TPSA) is 67.8 Å². The number of benzene rings is 2. The lowest BCUT2D eigenvalue weighted by Crippen LogP contribution is -2.33. The Balaban J connectivity index is 1.73. The molecule has 0 amide bonds. The van der Waals surface area contributed by atoms with Crippen LogP contribution in [0, 0.1) is 0 Å². The first-order chi connectivity index (χ1) is 12.2. The summed E-state index contributed by atoms with van der Waals surface area (Å²) in [7, 11) is 0. The number of ether oxygens (including phenoxy) is 2. The van der Waals surface area contributed by atoms with Gasteiger partial charge in [0.15, 0.2) is 11.5 Å². The first kappa shape index (κ1) is 17.6. The van der Waals surface area contributed by atoms with Gasteiger partial charge in [-0.1, -0.05) is 36.4 Å². The number of aliphatic carboxylic acids is 1. The summed E-state index contributed by atoms with van der Waals surface area (Å²) in [6.45, 7) is 2.93. The maximum atomic E-state index is 11.1. The van der Waals surface area contributed by atoms with Gasteiger partial charge in [-0.2, -0.15) is 0 Å². The highest BCUT2D eigenvalue weighted by atomic mass is 32.2. The van der Waals surface area contributed by atoms with E-state index < -0.39 is 12.0 Å². The zero-order valence-corrected chi connectivity index (χ0v) is 14.8. The number of carbonyl (C=O) groups is 1. The van der Waals surface area contributed by atoms with Crippen molar-refractivity contribution >= 4 is 17.7 Å². The van der Waals surface area contributed by atoms with Crippen LogP contribution in [0.3, 0.4) is 0 Å². The predicted octanol–water partition coefficient (Wildman–Crippen LogP) is 3.45. The highest BCUT2D eigenvalue weighted by Gasteiger charge is 2.30. The molecule has 0 aliphatic carbocycles. The van der Waals surface area contributed by atoms with Gasteiger partial charge >= 0.3 is 5.97 Å². The first-order valence-corrected chi connectivity index (χ1v) is 9.26. The van der Waals surface area contributed by atoms with Gasteiger partial charge in [-0.05, 0) is 30.2 Å². The molecular weight excluding hydrogens is 338 g/mol. The van der Waals surface area contributed by atoms with E-state index in [-0.39, 0.29) is 5.37 Å². The maximum absolute atomic E-state index is 11.1. The van der Waals surface area contributed by atoms with E-state index in [1.165, 1.54) is 0 Å². The fourth-order valence-electron chi connectivity index (χ4n) is 2.62. The third-order valence-corrected chi connectivity index (χ3v) is 5.16. The Morgan fingerprint density at radius 1 is 1.20 bits per heavy atom. The summed E-state index contributed by atoms with van der Waals surface area (Å²) in [5.74, 6) is 1.10. The molecule has 0 aromatic heterocycles. The van der Waals surface area contributed by atoms with Gasteiger partial charge in [-0.25, -0.2) is 0 Å². The molecular formula is C19H21NO4S. The average molecular weight is 359 g/mol. The zero-order chi connectivity index (χ0) is 17.6. The smallest absolute Gasteiger partial charge is 0.321 e.